The SMILES string of the molecule is O=C(NC[C@H](O)C(=O)O)c1ccc2c(c1)CNCC2. The molecule has 6 nitrogen and oxygen atoms in total. The fraction of sp³-hybridized carbons (Fsp3) is 0.385. The second-order valence-electron chi connectivity index (χ2n) is 4.47. The molecule has 4 N–H and O–H groups in total. The van der Waals surface area contributed by atoms with Crippen molar-refractivity contribution in [3.8, 4) is 0 Å². The largest absolute Gasteiger partial charge is 0.479 e. The monoisotopic (exact) mass is 264 g/mol. The summed E-state index contributed by atoms with van der Waals surface area (Å²) in [6, 6.07) is 5.43. The number of hydrogen-bond donors (Lipinski definition) is 4. The molecule has 1 heterocycles. The van der Waals surface area contributed by atoms with E-state index in [0.717, 1.165) is 25.1 Å². The van der Waals surface area contributed by atoms with E-state index in [9.17, 15) is 9.59 Å². The van der Waals surface area contributed by atoms with Gasteiger partial charge in [0.05, 0.1) is 6.54 Å². The molecule has 1 aliphatic heterocycles. The van der Waals surface area contributed by atoms with E-state index >= 15 is 0 Å². The molecule has 0 spiro atoms. The minimum atomic E-state index is -1.58. The van der Waals surface area contributed by atoms with Crippen LogP contribution in [0.4, 0.5) is 0 Å². The van der Waals surface area contributed by atoms with E-state index in [4.69, 9.17) is 10.2 Å². The number of fused-ring (bicyclic) bond motifs is 1. The highest BCUT2D eigenvalue weighted by molar-refractivity contribution is 5.94. The van der Waals surface area contributed by atoms with E-state index in [1.807, 2.05) is 6.07 Å². The zero-order valence-electron chi connectivity index (χ0n) is 10.3. The zero-order valence-corrected chi connectivity index (χ0v) is 10.3. The summed E-state index contributed by atoms with van der Waals surface area (Å²) in [5.41, 5.74) is 2.78. The van der Waals surface area contributed by atoms with Gasteiger partial charge in [0.25, 0.3) is 5.91 Å². The Morgan fingerprint density at radius 3 is 2.89 bits per heavy atom. The topological polar surface area (TPSA) is 98.7 Å². The van der Waals surface area contributed by atoms with Gasteiger partial charge in [-0.25, -0.2) is 4.79 Å². The molecule has 1 aromatic rings. The van der Waals surface area contributed by atoms with Gasteiger partial charge in [0.1, 0.15) is 0 Å². The quantitative estimate of drug-likeness (QED) is 0.588. The van der Waals surface area contributed by atoms with Crippen molar-refractivity contribution in [2.45, 2.75) is 19.1 Å². The number of benzene rings is 1. The van der Waals surface area contributed by atoms with Gasteiger partial charge in [-0.05, 0) is 36.2 Å². The lowest BCUT2D eigenvalue weighted by Gasteiger charge is -2.17. The van der Waals surface area contributed by atoms with Crippen LogP contribution in [0.25, 0.3) is 0 Å². The molecule has 0 saturated heterocycles. The summed E-state index contributed by atoms with van der Waals surface area (Å²) in [5.74, 6) is -1.73. The smallest absolute Gasteiger partial charge is 0.334 e. The van der Waals surface area contributed by atoms with E-state index in [-0.39, 0.29) is 12.5 Å². The van der Waals surface area contributed by atoms with Gasteiger partial charge in [0, 0.05) is 12.1 Å². The maximum absolute atomic E-state index is 11.8. The predicted octanol–water partition coefficient (Wildman–Crippen LogP) is -0.492. The highest BCUT2D eigenvalue weighted by Gasteiger charge is 2.16. The Balaban J connectivity index is 2.01. The van der Waals surface area contributed by atoms with Gasteiger partial charge in [0.2, 0.25) is 0 Å². The van der Waals surface area contributed by atoms with Crippen LogP contribution in [0.3, 0.4) is 0 Å². The van der Waals surface area contributed by atoms with Gasteiger partial charge in [-0.1, -0.05) is 6.07 Å². The third-order valence-electron chi connectivity index (χ3n) is 3.10. The third kappa shape index (κ3) is 3.30. The van der Waals surface area contributed by atoms with Crippen molar-refractivity contribution in [3.05, 3.63) is 34.9 Å². The minimum absolute atomic E-state index is 0.302. The molecule has 6 heteroatoms. The molecule has 1 aliphatic rings. The third-order valence-corrected chi connectivity index (χ3v) is 3.10. The molecule has 0 fully saturated rings. The number of rotatable bonds is 4. The van der Waals surface area contributed by atoms with Crippen LogP contribution in [-0.4, -0.2) is 41.3 Å². The lowest BCUT2D eigenvalue weighted by Crippen LogP contribution is -2.36. The number of carbonyl (C=O) groups excluding carboxylic acids is 1. The molecule has 1 amide bonds. The Labute approximate surface area is 110 Å². The van der Waals surface area contributed by atoms with Crippen molar-refractivity contribution >= 4 is 11.9 Å². The van der Waals surface area contributed by atoms with Gasteiger partial charge in [-0.3, -0.25) is 4.79 Å². The van der Waals surface area contributed by atoms with Crippen LogP contribution in [0, 0.1) is 0 Å². The fourth-order valence-electron chi connectivity index (χ4n) is 2.00. The second-order valence-corrected chi connectivity index (χ2v) is 4.47. The summed E-state index contributed by atoms with van der Waals surface area (Å²) in [6.45, 7) is 1.36. The van der Waals surface area contributed by atoms with Crippen LogP contribution in [0.5, 0.6) is 0 Å². The van der Waals surface area contributed by atoms with Crippen LogP contribution in [0.2, 0.25) is 0 Å². The molecule has 0 aliphatic carbocycles. The molecule has 102 valence electrons. The number of nitrogens with one attached hydrogen (secondary N) is 2. The lowest BCUT2D eigenvalue weighted by molar-refractivity contribution is -0.146. The average Bonchev–Trinajstić information content (AvgIpc) is 2.43. The van der Waals surface area contributed by atoms with Crippen LogP contribution in [0.15, 0.2) is 18.2 Å². The van der Waals surface area contributed by atoms with E-state index in [2.05, 4.69) is 10.6 Å². The highest BCUT2D eigenvalue weighted by atomic mass is 16.4. The van der Waals surface area contributed by atoms with E-state index < -0.39 is 12.1 Å². The Bertz CT molecular complexity index is 501. The zero-order chi connectivity index (χ0) is 13.8. The van der Waals surface area contributed by atoms with Crippen LogP contribution >= 0.6 is 0 Å². The number of aliphatic carboxylic acids is 1. The molecule has 1 atom stereocenters. The number of aliphatic hydroxyl groups excluding tert-OH is 1. The first-order valence-corrected chi connectivity index (χ1v) is 6.09. The molecule has 0 bridgehead atoms. The lowest BCUT2D eigenvalue weighted by atomic mass is 9.98. The van der Waals surface area contributed by atoms with Gasteiger partial charge < -0.3 is 20.8 Å². The van der Waals surface area contributed by atoms with Crippen molar-refractivity contribution in [1.29, 1.82) is 0 Å². The molecule has 0 radical (unpaired) electrons. The summed E-state index contributed by atoms with van der Waals surface area (Å²) in [4.78, 5) is 22.3. The number of aliphatic hydroxyl groups is 1. The Morgan fingerprint density at radius 1 is 1.37 bits per heavy atom. The number of amides is 1. The summed E-state index contributed by atoms with van der Waals surface area (Å²) in [5, 5.41) is 23.2. The number of carboxylic acid groups (broad SMARTS) is 1. The summed E-state index contributed by atoms with van der Waals surface area (Å²) >= 11 is 0. The molecule has 0 unspecified atom stereocenters. The van der Waals surface area contributed by atoms with E-state index in [1.165, 1.54) is 5.56 Å². The van der Waals surface area contributed by atoms with E-state index in [0.29, 0.717) is 5.56 Å². The van der Waals surface area contributed by atoms with Crippen LogP contribution in [-0.2, 0) is 17.8 Å². The normalized spacial score (nSPS) is 15.4. The Morgan fingerprint density at radius 2 is 2.16 bits per heavy atom. The van der Waals surface area contributed by atoms with Crippen LogP contribution < -0.4 is 10.6 Å². The molecule has 1 aromatic carbocycles. The van der Waals surface area contributed by atoms with Crippen molar-refractivity contribution in [3.63, 3.8) is 0 Å². The maximum atomic E-state index is 11.8. The number of carbonyl (C=O) groups is 2. The first-order chi connectivity index (χ1) is 9.08. The maximum Gasteiger partial charge on any atom is 0.334 e. The molecule has 19 heavy (non-hydrogen) atoms. The number of hydrogen-bond acceptors (Lipinski definition) is 4. The molecule has 0 aromatic heterocycles. The first-order valence-electron chi connectivity index (χ1n) is 6.09. The standard InChI is InChI=1S/C13H16N2O4/c16-11(13(18)19)7-15-12(17)9-2-1-8-3-4-14-6-10(8)5-9/h1-2,5,11,14,16H,3-4,6-7H2,(H,15,17)(H,18,19)/t11-/m0/s1. The fourth-order valence-corrected chi connectivity index (χ4v) is 2.00. The molecular weight excluding hydrogens is 248 g/mol. The van der Waals surface area contributed by atoms with Gasteiger partial charge >= 0.3 is 5.97 Å². The highest BCUT2D eigenvalue weighted by Crippen LogP contribution is 2.15. The Kier molecular flexibility index (Phi) is 4.13. The first kappa shape index (κ1) is 13.5. The van der Waals surface area contributed by atoms with Crippen molar-refractivity contribution in [2.75, 3.05) is 13.1 Å². The van der Waals surface area contributed by atoms with Gasteiger partial charge in [0.15, 0.2) is 6.10 Å². The Hall–Kier alpha value is -1.92. The predicted molar refractivity (Wildman–Crippen MR) is 67.8 cm³/mol. The summed E-state index contributed by atoms with van der Waals surface area (Å²) in [7, 11) is 0. The van der Waals surface area contributed by atoms with Crippen molar-refractivity contribution in [1.82, 2.24) is 10.6 Å². The average molecular weight is 264 g/mol. The second kappa shape index (κ2) is 5.81. The van der Waals surface area contributed by atoms with Gasteiger partial charge in [-0.15, -0.1) is 0 Å². The van der Waals surface area contributed by atoms with Crippen molar-refractivity contribution in [2.24, 2.45) is 0 Å². The molecule has 2 rings (SSSR count). The van der Waals surface area contributed by atoms with Crippen molar-refractivity contribution < 1.29 is 19.8 Å². The molecule has 0 saturated carbocycles. The number of carboxylic acids is 1. The van der Waals surface area contributed by atoms with Gasteiger partial charge in [-0.2, -0.15) is 0 Å². The van der Waals surface area contributed by atoms with E-state index in [1.54, 1.807) is 12.1 Å². The minimum Gasteiger partial charge on any atom is -0.479 e. The van der Waals surface area contributed by atoms with Crippen LogP contribution in [0.1, 0.15) is 21.5 Å². The molecular formula is C13H16N2O4. The summed E-state index contributed by atoms with van der Waals surface area (Å²) in [6.07, 6.45) is -0.641. The summed E-state index contributed by atoms with van der Waals surface area (Å²) < 4.78 is 0.